The van der Waals surface area contributed by atoms with Gasteiger partial charge in [0.25, 0.3) is 0 Å². The van der Waals surface area contributed by atoms with Crippen molar-refractivity contribution in [1.29, 1.82) is 0 Å². The molecule has 0 bridgehead atoms. The van der Waals surface area contributed by atoms with Crippen LogP contribution in [0.4, 0.5) is 0 Å². The zero-order valence-electron chi connectivity index (χ0n) is 11.2. The van der Waals surface area contributed by atoms with Gasteiger partial charge in [-0.2, -0.15) is 0 Å². The van der Waals surface area contributed by atoms with Gasteiger partial charge in [-0.3, -0.25) is 4.98 Å². The highest BCUT2D eigenvalue weighted by molar-refractivity contribution is 6.30. The first-order valence-electron chi connectivity index (χ1n) is 6.62. The van der Waals surface area contributed by atoms with E-state index in [0.29, 0.717) is 10.8 Å². The molecule has 4 heteroatoms. The number of hydrogen-bond acceptors (Lipinski definition) is 3. The number of ether oxygens (including phenoxy) is 1. The third-order valence-electron chi connectivity index (χ3n) is 3.25. The molecule has 0 fully saturated rings. The van der Waals surface area contributed by atoms with Crippen molar-refractivity contribution in [2.75, 3.05) is 6.61 Å². The summed E-state index contributed by atoms with van der Waals surface area (Å²) in [4.78, 5) is 4.09. The van der Waals surface area contributed by atoms with Gasteiger partial charge < -0.3 is 9.84 Å². The summed E-state index contributed by atoms with van der Waals surface area (Å²) in [6.45, 7) is 0.173. The fourth-order valence-corrected chi connectivity index (χ4v) is 2.34. The molecule has 3 nitrogen and oxygen atoms in total. The lowest BCUT2D eigenvalue weighted by Crippen LogP contribution is -2.09. The smallest absolute Gasteiger partial charge is 0.120 e. The lowest BCUT2D eigenvalue weighted by Gasteiger charge is -2.13. The topological polar surface area (TPSA) is 42.4 Å². The molecule has 0 saturated carbocycles. The maximum Gasteiger partial charge on any atom is 0.120 e. The Morgan fingerprint density at radius 3 is 2.86 bits per heavy atom. The quantitative estimate of drug-likeness (QED) is 0.792. The molecule has 0 spiro atoms. The molecule has 1 unspecified atom stereocenters. The Morgan fingerprint density at radius 2 is 2.00 bits per heavy atom. The predicted octanol–water partition coefficient (Wildman–Crippen LogP) is 4.00. The van der Waals surface area contributed by atoms with Crippen LogP contribution in [-0.2, 0) is 0 Å². The van der Waals surface area contributed by atoms with Crippen molar-refractivity contribution in [1.82, 2.24) is 4.98 Å². The highest BCUT2D eigenvalue weighted by Gasteiger charge is 2.09. The largest absolute Gasteiger partial charge is 0.491 e. The van der Waals surface area contributed by atoms with Crippen LogP contribution in [0.5, 0.6) is 5.75 Å². The number of aromatic nitrogens is 1. The Hall–Kier alpha value is -2.10. The Morgan fingerprint density at radius 1 is 1.10 bits per heavy atom. The fourth-order valence-electron chi connectivity index (χ4n) is 2.14. The lowest BCUT2D eigenvalue weighted by atomic mass is 10.1. The second-order valence-electron chi connectivity index (χ2n) is 4.77. The summed E-state index contributed by atoms with van der Waals surface area (Å²) in [7, 11) is 0. The highest BCUT2D eigenvalue weighted by Crippen LogP contribution is 2.22. The Labute approximate surface area is 127 Å². The zero-order valence-corrected chi connectivity index (χ0v) is 12.0. The van der Waals surface area contributed by atoms with Crippen molar-refractivity contribution in [3.05, 3.63) is 71.5 Å². The average molecular weight is 300 g/mol. The van der Waals surface area contributed by atoms with Crippen LogP contribution in [0.15, 0.2) is 60.9 Å². The summed E-state index contributed by atoms with van der Waals surface area (Å²) in [5.41, 5.74) is 0.741. The monoisotopic (exact) mass is 299 g/mol. The standard InChI is InChI=1S/C17H14ClNO2/c18-15-3-1-2-13(8-15)17(20)11-21-16-5-4-12-6-7-19-10-14(12)9-16/h1-10,17,20H,11H2. The van der Waals surface area contributed by atoms with Gasteiger partial charge in [-0.05, 0) is 41.3 Å². The minimum absolute atomic E-state index is 0.173. The van der Waals surface area contributed by atoms with Crippen LogP contribution >= 0.6 is 11.6 Å². The molecule has 1 aromatic heterocycles. The number of fused-ring (bicyclic) bond motifs is 1. The summed E-state index contributed by atoms with van der Waals surface area (Å²) >= 11 is 5.91. The summed E-state index contributed by atoms with van der Waals surface area (Å²) in [5.74, 6) is 0.705. The van der Waals surface area contributed by atoms with Crippen LogP contribution in [0, 0.1) is 0 Å². The first kappa shape index (κ1) is 13.9. The summed E-state index contributed by atoms with van der Waals surface area (Å²) in [5, 5.41) is 12.8. The Balaban J connectivity index is 1.71. The number of rotatable bonds is 4. The van der Waals surface area contributed by atoms with Gasteiger partial charge in [0.15, 0.2) is 0 Å². The summed E-state index contributed by atoms with van der Waals surface area (Å²) in [6.07, 6.45) is 2.83. The average Bonchev–Trinajstić information content (AvgIpc) is 2.52. The molecule has 0 saturated heterocycles. The molecule has 0 amide bonds. The molecular weight excluding hydrogens is 286 g/mol. The van der Waals surface area contributed by atoms with E-state index < -0.39 is 6.10 Å². The third kappa shape index (κ3) is 3.32. The van der Waals surface area contributed by atoms with Crippen molar-refractivity contribution in [2.24, 2.45) is 0 Å². The molecule has 21 heavy (non-hydrogen) atoms. The van der Waals surface area contributed by atoms with Crippen LogP contribution in [-0.4, -0.2) is 16.7 Å². The molecule has 3 aromatic rings. The number of nitrogens with zero attached hydrogens (tertiary/aromatic N) is 1. The minimum Gasteiger partial charge on any atom is -0.491 e. The molecule has 2 aromatic carbocycles. The van der Waals surface area contributed by atoms with Crippen LogP contribution in [0.3, 0.4) is 0 Å². The van der Waals surface area contributed by atoms with Crippen LogP contribution in [0.2, 0.25) is 5.02 Å². The van der Waals surface area contributed by atoms with Gasteiger partial charge in [-0.1, -0.05) is 29.8 Å². The van der Waals surface area contributed by atoms with Gasteiger partial charge >= 0.3 is 0 Å². The molecule has 0 aliphatic heterocycles. The first-order valence-corrected chi connectivity index (χ1v) is 7.00. The number of aliphatic hydroxyl groups is 1. The number of halogens is 1. The van der Waals surface area contributed by atoms with Gasteiger partial charge in [0.2, 0.25) is 0 Å². The molecule has 1 atom stereocenters. The number of pyridine rings is 1. The van der Waals surface area contributed by atoms with E-state index in [4.69, 9.17) is 16.3 Å². The number of hydrogen-bond donors (Lipinski definition) is 1. The van der Waals surface area contributed by atoms with Crippen LogP contribution in [0.1, 0.15) is 11.7 Å². The van der Waals surface area contributed by atoms with E-state index in [1.807, 2.05) is 36.4 Å². The van der Waals surface area contributed by atoms with E-state index in [1.54, 1.807) is 24.5 Å². The van der Waals surface area contributed by atoms with E-state index in [-0.39, 0.29) is 6.61 Å². The molecule has 1 N–H and O–H groups in total. The Kier molecular flexibility index (Phi) is 4.04. The van der Waals surface area contributed by atoms with E-state index in [0.717, 1.165) is 16.3 Å². The van der Waals surface area contributed by atoms with Crippen molar-refractivity contribution < 1.29 is 9.84 Å². The molecule has 3 rings (SSSR count). The maximum atomic E-state index is 10.1. The second-order valence-corrected chi connectivity index (χ2v) is 5.20. The molecule has 1 heterocycles. The van der Waals surface area contributed by atoms with Gasteiger partial charge in [0.1, 0.15) is 18.5 Å². The molecule has 0 aliphatic rings. The third-order valence-corrected chi connectivity index (χ3v) is 3.49. The van der Waals surface area contributed by atoms with E-state index in [1.165, 1.54) is 0 Å². The van der Waals surface area contributed by atoms with Crippen LogP contribution in [0.25, 0.3) is 10.8 Å². The molecule has 106 valence electrons. The Bertz CT molecular complexity index is 760. The van der Waals surface area contributed by atoms with E-state index >= 15 is 0 Å². The summed E-state index contributed by atoms with van der Waals surface area (Å²) < 4.78 is 5.65. The second kappa shape index (κ2) is 6.12. The predicted molar refractivity (Wildman–Crippen MR) is 83.6 cm³/mol. The summed E-state index contributed by atoms with van der Waals surface area (Å²) in [6, 6.07) is 14.8. The van der Waals surface area contributed by atoms with E-state index in [9.17, 15) is 5.11 Å². The maximum absolute atomic E-state index is 10.1. The molecule has 0 radical (unpaired) electrons. The van der Waals surface area contributed by atoms with Gasteiger partial charge in [-0.15, -0.1) is 0 Å². The van der Waals surface area contributed by atoms with E-state index in [2.05, 4.69) is 4.98 Å². The first-order chi connectivity index (χ1) is 10.2. The lowest BCUT2D eigenvalue weighted by molar-refractivity contribution is 0.108. The van der Waals surface area contributed by atoms with Crippen molar-refractivity contribution in [3.8, 4) is 5.75 Å². The van der Waals surface area contributed by atoms with Crippen LogP contribution < -0.4 is 4.74 Å². The number of benzene rings is 2. The van der Waals surface area contributed by atoms with Crippen molar-refractivity contribution in [3.63, 3.8) is 0 Å². The highest BCUT2D eigenvalue weighted by atomic mass is 35.5. The fraction of sp³-hybridized carbons (Fsp3) is 0.118. The molecular formula is C17H14ClNO2. The van der Waals surface area contributed by atoms with Crippen molar-refractivity contribution in [2.45, 2.75) is 6.10 Å². The SMILES string of the molecule is OC(COc1ccc2ccncc2c1)c1cccc(Cl)c1. The van der Waals surface area contributed by atoms with Gasteiger partial charge in [0.05, 0.1) is 0 Å². The number of aliphatic hydroxyl groups excluding tert-OH is 1. The molecule has 0 aliphatic carbocycles. The minimum atomic E-state index is -0.715. The van der Waals surface area contributed by atoms with Gasteiger partial charge in [-0.25, -0.2) is 0 Å². The zero-order chi connectivity index (χ0) is 14.7. The normalized spacial score (nSPS) is 12.3. The van der Waals surface area contributed by atoms with Crippen molar-refractivity contribution >= 4 is 22.4 Å². The van der Waals surface area contributed by atoms with Gasteiger partial charge in [0, 0.05) is 22.8 Å².